The van der Waals surface area contributed by atoms with E-state index in [1.807, 2.05) is 13.8 Å². The van der Waals surface area contributed by atoms with Crippen LogP contribution in [0.3, 0.4) is 0 Å². The molecule has 100 valence electrons. The van der Waals surface area contributed by atoms with E-state index in [1.165, 1.54) is 0 Å². The first-order valence-corrected chi connectivity index (χ1v) is 6.06. The second-order valence-electron chi connectivity index (χ2n) is 5.20. The summed E-state index contributed by atoms with van der Waals surface area (Å²) in [6.45, 7) is 9.21. The van der Waals surface area contributed by atoms with Gasteiger partial charge in [-0.3, -0.25) is 20.0 Å². The number of rotatable bonds is 5. The Labute approximate surface area is 103 Å². The molecule has 0 radical (unpaired) electrons. The van der Waals surface area contributed by atoms with Gasteiger partial charge in [0.05, 0.1) is 12.0 Å². The van der Waals surface area contributed by atoms with Crippen molar-refractivity contribution < 1.29 is 9.90 Å². The third-order valence-electron chi connectivity index (χ3n) is 3.25. The highest BCUT2D eigenvalue weighted by atomic mass is 16.3. The molecule has 0 saturated carbocycles. The minimum Gasteiger partial charge on any atom is -0.395 e. The van der Waals surface area contributed by atoms with E-state index >= 15 is 0 Å². The Morgan fingerprint density at radius 2 is 1.82 bits per heavy atom. The summed E-state index contributed by atoms with van der Waals surface area (Å²) in [4.78, 5) is 16.1. The van der Waals surface area contributed by atoms with E-state index in [2.05, 4.69) is 15.2 Å². The largest absolute Gasteiger partial charge is 0.395 e. The normalized spacial score (nSPS) is 19.3. The number of aliphatic hydroxyl groups is 1. The fourth-order valence-corrected chi connectivity index (χ4v) is 2.14. The van der Waals surface area contributed by atoms with Crippen LogP contribution in [0.15, 0.2) is 0 Å². The molecule has 0 spiro atoms. The second-order valence-corrected chi connectivity index (χ2v) is 5.20. The minimum absolute atomic E-state index is 0.129. The second kappa shape index (κ2) is 6.30. The molecule has 17 heavy (non-hydrogen) atoms. The van der Waals surface area contributed by atoms with Crippen LogP contribution in [0.1, 0.15) is 13.8 Å². The smallest absolute Gasteiger partial charge is 0.240 e. The molecule has 6 nitrogen and oxygen atoms in total. The number of amides is 1. The zero-order valence-corrected chi connectivity index (χ0v) is 10.8. The number of nitrogens with zero attached hydrogens (tertiary/aromatic N) is 2. The Kier molecular flexibility index (Phi) is 5.32. The number of hydrogen-bond donors (Lipinski definition) is 3. The number of carbonyl (C=O) groups excluding carboxylic acids is 1. The van der Waals surface area contributed by atoms with Gasteiger partial charge in [-0.1, -0.05) is 0 Å². The standard InChI is InChI=1S/C11H24N4O2/c1-11(2,10(17)13-12)9-15-5-3-14(4-6-15)7-8-16/h16H,3-9,12H2,1-2H3,(H,13,17). The van der Waals surface area contributed by atoms with Crippen LogP contribution in [0.25, 0.3) is 0 Å². The molecule has 1 aliphatic heterocycles. The lowest BCUT2D eigenvalue weighted by Crippen LogP contribution is -2.53. The summed E-state index contributed by atoms with van der Waals surface area (Å²) >= 11 is 0. The first-order valence-electron chi connectivity index (χ1n) is 6.06. The van der Waals surface area contributed by atoms with E-state index < -0.39 is 5.41 Å². The van der Waals surface area contributed by atoms with Crippen LogP contribution in [0.2, 0.25) is 0 Å². The molecule has 1 rings (SSSR count). The molecular formula is C11H24N4O2. The number of nitrogens with two attached hydrogens (primary N) is 1. The first-order chi connectivity index (χ1) is 7.99. The molecule has 1 amide bonds. The van der Waals surface area contributed by atoms with E-state index in [4.69, 9.17) is 10.9 Å². The van der Waals surface area contributed by atoms with E-state index in [9.17, 15) is 4.79 Å². The average Bonchev–Trinajstić information content (AvgIpc) is 2.30. The molecular weight excluding hydrogens is 220 g/mol. The summed E-state index contributed by atoms with van der Waals surface area (Å²) in [6, 6.07) is 0. The lowest BCUT2D eigenvalue weighted by Gasteiger charge is -2.37. The zero-order chi connectivity index (χ0) is 12.9. The van der Waals surface area contributed by atoms with Crippen molar-refractivity contribution in [3.63, 3.8) is 0 Å². The molecule has 0 aromatic carbocycles. The minimum atomic E-state index is -0.464. The van der Waals surface area contributed by atoms with Crippen LogP contribution >= 0.6 is 0 Å². The Bertz CT molecular complexity index is 250. The highest BCUT2D eigenvalue weighted by Gasteiger charge is 2.30. The first kappa shape index (κ1) is 14.4. The molecule has 1 fully saturated rings. The molecule has 0 aliphatic carbocycles. The van der Waals surface area contributed by atoms with Crippen LogP contribution in [0.4, 0.5) is 0 Å². The molecule has 1 saturated heterocycles. The topological polar surface area (TPSA) is 81.8 Å². The summed E-state index contributed by atoms with van der Waals surface area (Å²) in [5, 5.41) is 8.85. The van der Waals surface area contributed by atoms with E-state index in [1.54, 1.807) is 0 Å². The molecule has 0 aromatic heterocycles. The number of nitrogens with one attached hydrogen (secondary N) is 1. The third kappa shape index (κ3) is 4.23. The fourth-order valence-electron chi connectivity index (χ4n) is 2.14. The molecule has 0 atom stereocenters. The summed E-state index contributed by atoms with van der Waals surface area (Å²) in [5.41, 5.74) is 1.75. The quantitative estimate of drug-likeness (QED) is 0.315. The molecule has 1 heterocycles. The van der Waals surface area contributed by atoms with E-state index in [0.29, 0.717) is 6.54 Å². The summed E-state index contributed by atoms with van der Waals surface area (Å²) in [5.74, 6) is 5.04. The zero-order valence-electron chi connectivity index (χ0n) is 10.8. The van der Waals surface area contributed by atoms with Crippen LogP contribution in [0.5, 0.6) is 0 Å². The van der Waals surface area contributed by atoms with Crippen LogP contribution in [0, 0.1) is 5.41 Å². The van der Waals surface area contributed by atoms with Crippen molar-refractivity contribution in [2.75, 3.05) is 45.9 Å². The van der Waals surface area contributed by atoms with Gasteiger partial charge in [0.2, 0.25) is 5.91 Å². The number of carbonyl (C=O) groups is 1. The van der Waals surface area contributed by atoms with Crippen LogP contribution in [-0.2, 0) is 4.79 Å². The Morgan fingerprint density at radius 1 is 1.29 bits per heavy atom. The Hall–Kier alpha value is -0.690. The van der Waals surface area contributed by atoms with Gasteiger partial charge in [0.15, 0.2) is 0 Å². The molecule has 6 heteroatoms. The van der Waals surface area contributed by atoms with Crippen molar-refractivity contribution in [3.8, 4) is 0 Å². The van der Waals surface area contributed by atoms with Crippen molar-refractivity contribution >= 4 is 5.91 Å². The van der Waals surface area contributed by atoms with Gasteiger partial charge in [-0.15, -0.1) is 0 Å². The fraction of sp³-hybridized carbons (Fsp3) is 0.909. The Balaban J connectivity index is 2.37. The maximum atomic E-state index is 11.6. The molecule has 0 bridgehead atoms. The predicted octanol–water partition coefficient (Wildman–Crippen LogP) is -1.39. The van der Waals surface area contributed by atoms with Gasteiger partial charge < -0.3 is 5.11 Å². The van der Waals surface area contributed by atoms with Gasteiger partial charge in [0, 0.05) is 39.3 Å². The highest BCUT2D eigenvalue weighted by Crippen LogP contribution is 2.18. The van der Waals surface area contributed by atoms with Gasteiger partial charge in [-0.25, -0.2) is 5.84 Å². The molecule has 0 aromatic rings. The van der Waals surface area contributed by atoms with Crippen molar-refractivity contribution in [3.05, 3.63) is 0 Å². The van der Waals surface area contributed by atoms with Crippen LogP contribution < -0.4 is 11.3 Å². The molecule has 1 aliphatic rings. The van der Waals surface area contributed by atoms with Crippen molar-refractivity contribution in [1.82, 2.24) is 15.2 Å². The summed E-state index contributed by atoms with van der Waals surface area (Å²) < 4.78 is 0. The predicted molar refractivity (Wildman–Crippen MR) is 66.1 cm³/mol. The third-order valence-corrected chi connectivity index (χ3v) is 3.25. The van der Waals surface area contributed by atoms with Gasteiger partial charge in [0.25, 0.3) is 0 Å². The Morgan fingerprint density at radius 3 is 2.29 bits per heavy atom. The average molecular weight is 244 g/mol. The van der Waals surface area contributed by atoms with Gasteiger partial charge in [-0.2, -0.15) is 0 Å². The van der Waals surface area contributed by atoms with Gasteiger partial charge in [-0.05, 0) is 13.8 Å². The molecule has 4 N–H and O–H groups in total. The summed E-state index contributed by atoms with van der Waals surface area (Å²) in [7, 11) is 0. The monoisotopic (exact) mass is 244 g/mol. The highest BCUT2D eigenvalue weighted by molar-refractivity contribution is 5.81. The van der Waals surface area contributed by atoms with Gasteiger partial charge in [0.1, 0.15) is 0 Å². The summed E-state index contributed by atoms with van der Waals surface area (Å²) in [6.07, 6.45) is 0. The van der Waals surface area contributed by atoms with E-state index in [0.717, 1.165) is 32.7 Å². The number of hydrazine groups is 1. The number of aliphatic hydroxyl groups excluding tert-OH is 1. The van der Waals surface area contributed by atoms with Crippen molar-refractivity contribution in [2.24, 2.45) is 11.3 Å². The lowest BCUT2D eigenvalue weighted by molar-refractivity contribution is -0.130. The van der Waals surface area contributed by atoms with Crippen LogP contribution in [-0.4, -0.2) is 66.7 Å². The maximum Gasteiger partial charge on any atom is 0.240 e. The SMILES string of the molecule is CC(C)(CN1CCN(CCO)CC1)C(=O)NN. The van der Waals surface area contributed by atoms with Crippen molar-refractivity contribution in [1.29, 1.82) is 0 Å². The van der Waals surface area contributed by atoms with Gasteiger partial charge >= 0.3 is 0 Å². The van der Waals surface area contributed by atoms with E-state index in [-0.39, 0.29) is 12.5 Å². The maximum absolute atomic E-state index is 11.6. The lowest BCUT2D eigenvalue weighted by atomic mass is 9.91. The number of piperazine rings is 1. The molecule has 0 unspecified atom stereocenters. The number of β-amino-alcohol motifs (C(OH)–C–C–N with tert-alkyl or cyclic N) is 1. The van der Waals surface area contributed by atoms with Crippen molar-refractivity contribution in [2.45, 2.75) is 13.8 Å². The number of hydrogen-bond acceptors (Lipinski definition) is 5.